The smallest absolute Gasteiger partial charge is 0.399 e. The lowest BCUT2D eigenvalue weighted by atomic mass is 9.82. The zero-order valence-corrected chi connectivity index (χ0v) is 14.5. The number of likely N-dealkylation sites (N-methyl/N-ethyl adjacent to an activating group) is 1. The Kier molecular flexibility index (Phi) is 4.12. The zero-order valence-electron chi connectivity index (χ0n) is 14.5. The van der Waals surface area contributed by atoms with Crippen molar-refractivity contribution in [2.24, 2.45) is 0 Å². The molecule has 2 fully saturated rings. The van der Waals surface area contributed by atoms with Crippen LogP contribution in [0.4, 0.5) is 0 Å². The van der Waals surface area contributed by atoms with E-state index in [1.165, 1.54) is 19.4 Å². The van der Waals surface area contributed by atoms with Crippen molar-refractivity contribution in [3.8, 4) is 0 Å². The summed E-state index contributed by atoms with van der Waals surface area (Å²) >= 11 is 0. The summed E-state index contributed by atoms with van der Waals surface area (Å²) in [5.74, 6) is 0. The van der Waals surface area contributed by atoms with Crippen molar-refractivity contribution in [1.29, 1.82) is 0 Å². The van der Waals surface area contributed by atoms with Crippen LogP contribution in [-0.2, 0) is 15.9 Å². The number of nitrogens with zero attached hydrogens (tertiary/aromatic N) is 3. The van der Waals surface area contributed by atoms with Crippen LogP contribution in [0, 0.1) is 0 Å². The maximum atomic E-state index is 6.09. The average molecular weight is 305 g/mol. The largest absolute Gasteiger partial charge is 0.498 e. The average Bonchev–Trinajstić information content (AvgIpc) is 3.10. The van der Waals surface area contributed by atoms with E-state index in [1.807, 2.05) is 10.9 Å². The molecule has 1 aromatic heterocycles. The van der Waals surface area contributed by atoms with E-state index >= 15 is 0 Å². The van der Waals surface area contributed by atoms with Gasteiger partial charge in [-0.1, -0.05) is 6.92 Å². The molecule has 0 spiro atoms. The molecule has 2 aliphatic rings. The van der Waals surface area contributed by atoms with Gasteiger partial charge in [-0.25, -0.2) is 0 Å². The highest BCUT2D eigenvalue weighted by atomic mass is 16.7. The van der Waals surface area contributed by atoms with Crippen molar-refractivity contribution in [2.45, 2.75) is 71.2 Å². The van der Waals surface area contributed by atoms with Crippen molar-refractivity contribution in [2.75, 3.05) is 13.1 Å². The number of aromatic nitrogens is 2. The molecule has 0 saturated carbocycles. The van der Waals surface area contributed by atoms with Gasteiger partial charge in [-0.2, -0.15) is 5.10 Å². The molecule has 2 aliphatic heterocycles. The fourth-order valence-corrected chi connectivity index (χ4v) is 3.31. The maximum Gasteiger partial charge on any atom is 0.498 e. The van der Waals surface area contributed by atoms with Crippen LogP contribution in [-0.4, -0.2) is 52.1 Å². The fraction of sp³-hybridized carbons (Fsp3) is 0.812. The summed E-state index contributed by atoms with van der Waals surface area (Å²) in [6.07, 6.45) is 6.52. The van der Waals surface area contributed by atoms with E-state index in [0.29, 0.717) is 6.04 Å². The second-order valence-electron chi connectivity index (χ2n) is 7.51. The Bertz CT molecular complexity index is 513. The van der Waals surface area contributed by atoms with Gasteiger partial charge in [0.15, 0.2) is 0 Å². The SMILES string of the molecule is CCN1CCC[C@H]1Cn1cc(B2OC(C)(C)C(C)(C)O2)cn1. The number of rotatable bonds is 4. The highest BCUT2D eigenvalue weighted by molar-refractivity contribution is 6.61. The molecule has 0 N–H and O–H groups in total. The quantitative estimate of drug-likeness (QED) is 0.793. The summed E-state index contributed by atoms with van der Waals surface area (Å²) in [7, 11) is -0.315. The molecule has 0 aromatic carbocycles. The van der Waals surface area contributed by atoms with Crippen molar-refractivity contribution in [3.05, 3.63) is 12.4 Å². The van der Waals surface area contributed by atoms with Gasteiger partial charge < -0.3 is 9.31 Å². The van der Waals surface area contributed by atoms with Gasteiger partial charge in [0.2, 0.25) is 0 Å². The van der Waals surface area contributed by atoms with E-state index in [0.717, 1.165) is 18.6 Å². The van der Waals surface area contributed by atoms with Crippen molar-refractivity contribution >= 4 is 12.6 Å². The molecule has 22 heavy (non-hydrogen) atoms. The Hall–Kier alpha value is -0.845. The molecule has 3 heterocycles. The van der Waals surface area contributed by atoms with Crippen molar-refractivity contribution in [3.63, 3.8) is 0 Å². The second kappa shape index (κ2) is 5.66. The summed E-state index contributed by atoms with van der Waals surface area (Å²) in [6, 6.07) is 0.607. The lowest BCUT2D eigenvalue weighted by Crippen LogP contribution is -2.41. The van der Waals surface area contributed by atoms with E-state index in [9.17, 15) is 0 Å². The minimum absolute atomic E-state index is 0.301. The molecule has 0 unspecified atom stereocenters. The summed E-state index contributed by atoms with van der Waals surface area (Å²) in [5.41, 5.74) is 0.411. The Morgan fingerprint density at radius 3 is 2.59 bits per heavy atom. The molecule has 6 heteroatoms. The third-order valence-corrected chi connectivity index (χ3v) is 5.48. The summed E-state index contributed by atoms with van der Waals surface area (Å²) in [4.78, 5) is 2.54. The summed E-state index contributed by atoms with van der Waals surface area (Å²) in [6.45, 7) is 13.8. The molecule has 3 rings (SSSR count). The van der Waals surface area contributed by atoms with Crippen LogP contribution in [0.5, 0.6) is 0 Å². The van der Waals surface area contributed by atoms with Crippen LogP contribution in [0.25, 0.3) is 0 Å². The van der Waals surface area contributed by atoms with Crippen LogP contribution in [0.3, 0.4) is 0 Å². The number of hydrogen-bond acceptors (Lipinski definition) is 4. The zero-order chi connectivity index (χ0) is 16.0. The molecule has 0 aliphatic carbocycles. The lowest BCUT2D eigenvalue weighted by molar-refractivity contribution is 0.00578. The molecule has 2 saturated heterocycles. The highest BCUT2D eigenvalue weighted by Crippen LogP contribution is 2.36. The molecular formula is C16H28BN3O2. The van der Waals surface area contributed by atoms with Gasteiger partial charge in [0.25, 0.3) is 0 Å². The Morgan fingerprint density at radius 2 is 1.95 bits per heavy atom. The second-order valence-corrected chi connectivity index (χ2v) is 7.51. The van der Waals surface area contributed by atoms with Crippen molar-refractivity contribution < 1.29 is 9.31 Å². The van der Waals surface area contributed by atoms with Gasteiger partial charge in [0.05, 0.1) is 17.7 Å². The lowest BCUT2D eigenvalue weighted by Gasteiger charge is -2.32. The maximum absolute atomic E-state index is 6.09. The monoisotopic (exact) mass is 305 g/mol. The molecule has 5 nitrogen and oxygen atoms in total. The molecule has 1 atom stereocenters. The van der Waals surface area contributed by atoms with Gasteiger partial charge in [-0.05, 0) is 53.6 Å². The van der Waals surface area contributed by atoms with E-state index in [1.54, 1.807) is 0 Å². The van der Waals surface area contributed by atoms with Gasteiger partial charge >= 0.3 is 7.12 Å². The van der Waals surface area contributed by atoms with Gasteiger partial charge in [0, 0.05) is 23.9 Å². The van der Waals surface area contributed by atoms with E-state index in [4.69, 9.17) is 9.31 Å². The van der Waals surface area contributed by atoms with Gasteiger partial charge in [0.1, 0.15) is 0 Å². The molecule has 0 bridgehead atoms. The molecule has 0 radical (unpaired) electrons. The normalized spacial score (nSPS) is 27.7. The van der Waals surface area contributed by atoms with Crippen LogP contribution in [0.2, 0.25) is 0 Å². The first-order valence-electron chi connectivity index (χ1n) is 8.44. The van der Waals surface area contributed by atoms with E-state index in [2.05, 4.69) is 50.8 Å². The molecular weight excluding hydrogens is 277 g/mol. The van der Waals surface area contributed by atoms with Gasteiger partial charge in [-0.15, -0.1) is 0 Å². The van der Waals surface area contributed by atoms with Crippen LogP contribution < -0.4 is 5.46 Å². The number of hydrogen-bond donors (Lipinski definition) is 0. The first kappa shape index (κ1) is 16.0. The standard InChI is InChI=1S/C16H28BN3O2/c1-6-19-9-7-8-14(19)12-20-11-13(10-18-20)17-21-15(2,3)16(4,5)22-17/h10-11,14H,6-9,12H2,1-5H3/t14-/m0/s1. The molecule has 122 valence electrons. The third kappa shape index (κ3) is 2.84. The first-order valence-corrected chi connectivity index (χ1v) is 8.44. The van der Waals surface area contributed by atoms with Crippen LogP contribution in [0.1, 0.15) is 47.5 Å². The van der Waals surface area contributed by atoms with E-state index < -0.39 is 0 Å². The predicted molar refractivity (Wildman–Crippen MR) is 88.2 cm³/mol. The minimum Gasteiger partial charge on any atom is -0.399 e. The Balaban J connectivity index is 1.67. The van der Waals surface area contributed by atoms with Crippen LogP contribution >= 0.6 is 0 Å². The molecule has 1 aromatic rings. The fourth-order valence-electron chi connectivity index (χ4n) is 3.31. The topological polar surface area (TPSA) is 39.5 Å². The predicted octanol–water partition coefficient (Wildman–Crippen LogP) is 1.67. The Labute approximate surface area is 134 Å². The highest BCUT2D eigenvalue weighted by Gasteiger charge is 2.52. The van der Waals surface area contributed by atoms with Crippen molar-refractivity contribution in [1.82, 2.24) is 14.7 Å². The third-order valence-electron chi connectivity index (χ3n) is 5.48. The summed E-state index contributed by atoms with van der Waals surface area (Å²) < 4.78 is 14.2. The van der Waals surface area contributed by atoms with Gasteiger partial charge in [-0.3, -0.25) is 9.58 Å². The van der Waals surface area contributed by atoms with E-state index in [-0.39, 0.29) is 18.3 Å². The first-order chi connectivity index (χ1) is 10.3. The van der Waals surface area contributed by atoms with Crippen LogP contribution in [0.15, 0.2) is 12.4 Å². The number of likely N-dealkylation sites (tertiary alicyclic amines) is 1. The minimum atomic E-state index is -0.315. The Morgan fingerprint density at radius 1 is 1.27 bits per heavy atom. The summed E-state index contributed by atoms with van der Waals surface area (Å²) in [5, 5.41) is 4.52. The molecule has 0 amide bonds.